The lowest BCUT2D eigenvalue weighted by atomic mass is 10.2. The summed E-state index contributed by atoms with van der Waals surface area (Å²) >= 11 is 1.22. The molecule has 1 heterocycles. The molecule has 0 saturated heterocycles. The molecule has 0 aliphatic heterocycles. The van der Waals surface area contributed by atoms with Gasteiger partial charge in [0.2, 0.25) is 0 Å². The second-order valence-electron chi connectivity index (χ2n) is 7.07. The van der Waals surface area contributed by atoms with E-state index in [-0.39, 0.29) is 18.0 Å². The first kappa shape index (κ1) is 22.6. The maximum Gasteiger partial charge on any atom is 0.281 e. The largest absolute Gasteiger partial charge is 0.489 e. The molecule has 0 atom stereocenters. The molecule has 4 rings (SSSR count). The Bertz CT molecular complexity index is 1400. The number of fused-ring (bicyclic) bond motifs is 1. The molecule has 1 aromatic heterocycles. The second-order valence-corrected chi connectivity index (χ2v) is 8.15. The van der Waals surface area contributed by atoms with Crippen LogP contribution in [0, 0.1) is 20.2 Å². The summed E-state index contributed by atoms with van der Waals surface area (Å²) in [6, 6.07) is 19.2. The van der Waals surface area contributed by atoms with E-state index in [2.05, 4.69) is 10.5 Å². The predicted octanol–water partition coefficient (Wildman–Crippen LogP) is 5.06. The van der Waals surface area contributed by atoms with Crippen molar-refractivity contribution in [3.63, 3.8) is 0 Å². The van der Waals surface area contributed by atoms with Crippen LogP contribution in [0.4, 0.5) is 11.4 Å². The van der Waals surface area contributed by atoms with Crippen LogP contribution >= 0.6 is 11.3 Å². The van der Waals surface area contributed by atoms with E-state index in [4.69, 9.17) is 4.74 Å². The molecule has 0 saturated carbocycles. The Morgan fingerprint density at radius 2 is 1.62 bits per heavy atom. The standard InChI is InChI=1S/C23H16N4O6S/c28-23(22-12-17-11-19(27(31)32)7-10-21(17)34-22)25-24-13-15-3-8-20(9-4-15)33-14-16-1-5-18(6-2-16)26(29)30/h1-13H,14H2,(H,25,28)/b24-13-. The highest BCUT2D eigenvalue weighted by Crippen LogP contribution is 2.28. The molecule has 0 spiro atoms. The molecule has 1 N–H and O–H groups in total. The minimum absolute atomic E-state index is 0.0239. The average molecular weight is 476 g/mol. The Balaban J connectivity index is 1.31. The van der Waals surface area contributed by atoms with Crippen LogP contribution in [0.25, 0.3) is 10.1 Å². The highest BCUT2D eigenvalue weighted by Gasteiger charge is 2.13. The lowest BCUT2D eigenvalue weighted by Gasteiger charge is -2.06. The normalized spacial score (nSPS) is 10.9. The van der Waals surface area contributed by atoms with Gasteiger partial charge in [-0.25, -0.2) is 5.43 Å². The molecule has 0 radical (unpaired) electrons. The maximum absolute atomic E-state index is 12.4. The zero-order valence-electron chi connectivity index (χ0n) is 17.4. The smallest absolute Gasteiger partial charge is 0.281 e. The third-order valence-electron chi connectivity index (χ3n) is 4.75. The highest BCUT2D eigenvalue weighted by molar-refractivity contribution is 7.20. The van der Waals surface area contributed by atoms with Crippen LogP contribution in [0.2, 0.25) is 0 Å². The number of amides is 1. The lowest BCUT2D eigenvalue weighted by molar-refractivity contribution is -0.385. The molecule has 0 fully saturated rings. The molecular weight excluding hydrogens is 460 g/mol. The predicted molar refractivity (Wildman–Crippen MR) is 127 cm³/mol. The van der Waals surface area contributed by atoms with E-state index in [9.17, 15) is 25.0 Å². The van der Waals surface area contributed by atoms with Crippen LogP contribution < -0.4 is 10.2 Å². The minimum Gasteiger partial charge on any atom is -0.489 e. The Hall–Kier alpha value is -4.64. The van der Waals surface area contributed by atoms with Gasteiger partial charge in [-0.1, -0.05) is 0 Å². The van der Waals surface area contributed by atoms with Crippen molar-refractivity contribution in [1.29, 1.82) is 0 Å². The van der Waals surface area contributed by atoms with Crippen LogP contribution in [-0.4, -0.2) is 22.0 Å². The van der Waals surface area contributed by atoms with Gasteiger partial charge in [-0.05, 0) is 59.7 Å². The first-order valence-electron chi connectivity index (χ1n) is 9.86. The Morgan fingerprint density at radius 1 is 0.941 bits per heavy atom. The van der Waals surface area contributed by atoms with Gasteiger partial charge in [-0.2, -0.15) is 5.10 Å². The number of hydrogen-bond donors (Lipinski definition) is 1. The lowest BCUT2D eigenvalue weighted by Crippen LogP contribution is -2.16. The number of non-ortho nitro benzene ring substituents is 2. The van der Waals surface area contributed by atoms with Gasteiger partial charge in [0.1, 0.15) is 12.4 Å². The number of carbonyl (C=O) groups excluding carboxylic acids is 1. The average Bonchev–Trinajstić information content (AvgIpc) is 3.27. The van der Waals surface area contributed by atoms with E-state index in [0.717, 1.165) is 15.8 Å². The van der Waals surface area contributed by atoms with Crippen LogP contribution in [-0.2, 0) is 6.61 Å². The molecule has 3 aromatic carbocycles. The molecule has 0 unspecified atom stereocenters. The summed E-state index contributed by atoms with van der Waals surface area (Å²) in [5.74, 6) is 0.196. The molecule has 170 valence electrons. The summed E-state index contributed by atoms with van der Waals surface area (Å²) in [4.78, 5) is 33.4. The molecular formula is C23H16N4O6S. The fraction of sp³-hybridized carbons (Fsp3) is 0.0435. The Labute approximate surface area is 196 Å². The number of nitro groups is 2. The van der Waals surface area contributed by atoms with Crippen molar-refractivity contribution in [3.05, 3.63) is 109 Å². The van der Waals surface area contributed by atoms with Gasteiger partial charge in [-0.15, -0.1) is 11.3 Å². The minimum atomic E-state index is -0.479. The molecule has 34 heavy (non-hydrogen) atoms. The maximum atomic E-state index is 12.4. The fourth-order valence-electron chi connectivity index (χ4n) is 3.01. The van der Waals surface area contributed by atoms with Gasteiger partial charge in [0.25, 0.3) is 17.3 Å². The van der Waals surface area contributed by atoms with Crippen LogP contribution in [0.3, 0.4) is 0 Å². The number of nitrogens with zero attached hydrogens (tertiary/aromatic N) is 3. The number of hydrogen-bond acceptors (Lipinski definition) is 8. The quantitative estimate of drug-likeness (QED) is 0.214. The fourth-order valence-corrected chi connectivity index (χ4v) is 3.94. The van der Waals surface area contributed by atoms with Gasteiger partial charge in [0.05, 0.1) is 20.9 Å². The third-order valence-corrected chi connectivity index (χ3v) is 5.86. The zero-order valence-corrected chi connectivity index (χ0v) is 18.2. The first-order valence-corrected chi connectivity index (χ1v) is 10.7. The molecule has 0 bridgehead atoms. The van der Waals surface area contributed by atoms with Crippen molar-refractivity contribution < 1.29 is 19.4 Å². The molecule has 11 heteroatoms. The number of nitrogens with one attached hydrogen (secondary N) is 1. The van der Waals surface area contributed by atoms with Gasteiger partial charge >= 0.3 is 0 Å². The molecule has 0 aliphatic rings. The molecule has 10 nitrogen and oxygen atoms in total. The van der Waals surface area contributed by atoms with Crippen LogP contribution in [0.5, 0.6) is 5.75 Å². The Morgan fingerprint density at radius 3 is 2.29 bits per heavy atom. The van der Waals surface area contributed by atoms with E-state index in [1.165, 1.54) is 41.8 Å². The Kier molecular flexibility index (Phi) is 6.55. The summed E-state index contributed by atoms with van der Waals surface area (Å²) in [6.07, 6.45) is 1.48. The number of nitro benzene ring substituents is 2. The van der Waals surface area contributed by atoms with Crippen LogP contribution in [0.15, 0.2) is 77.9 Å². The van der Waals surface area contributed by atoms with Crippen molar-refractivity contribution in [3.8, 4) is 5.75 Å². The summed E-state index contributed by atoms with van der Waals surface area (Å²) in [6.45, 7) is 0.264. The number of hydrazone groups is 1. The molecule has 1 amide bonds. The zero-order chi connectivity index (χ0) is 24.1. The first-order chi connectivity index (χ1) is 16.4. The van der Waals surface area contributed by atoms with Crippen molar-refractivity contribution in [1.82, 2.24) is 5.43 Å². The van der Waals surface area contributed by atoms with E-state index in [0.29, 0.717) is 16.0 Å². The SMILES string of the molecule is O=C(N/N=C\c1ccc(OCc2ccc([N+](=O)[O-])cc2)cc1)c1cc2cc([N+](=O)[O-])ccc2s1. The number of thiophene rings is 1. The van der Waals surface area contributed by atoms with E-state index >= 15 is 0 Å². The number of carbonyl (C=O) groups is 1. The monoisotopic (exact) mass is 476 g/mol. The summed E-state index contributed by atoms with van der Waals surface area (Å²) in [7, 11) is 0. The van der Waals surface area contributed by atoms with E-state index in [1.54, 1.807) is 48.5 Å². The molecule has 4 aromatic rings. The van der Waals surface area contributed by atoms with Crippen molar-refractivity contribution in [2.45, 2.75) is 6.61 Å². The third kappa shape index (κ3) is 5.40. The number of benzene rings is 3. The van der Waals surface area contributed by atoms with Crippen molar-refractivity contribution in [2.75, 3.05) is 0 Å². The summed E-state index contributed by atoms with van der Waals surface area (Å²) in [5.41, 5.74) is 3.97. The van der Waals surface area contributed by atoms with Gasteiger partial charge < -0.3 is 4.74 Å². The summed E-state index contributed by atoms with van der Waals surface area (Å²) in [5, 5.41) is 26.2. The van der Waals surface area contributed by atoms with Gasteiger partial charge in [0.15, 0.2) is 0 Å². The number of ether oxygens (including phenoxy) is 1. The van der Waals surface area contributed by atoms with Crippen LogP contribution in [0.1, 0.15) is 20.8 Å². The second kappa shape index (κ2) is 9.88. The highest BCUT2D eigenvalue weighted by atomic mass is 32.1. The van der Waals surface area contributed by atoms with E-state index in [1.807, 2.05) is 0 Å². The van der Waals surface area contributed by atoms with E-state index < -0.39 is 15.8 Å². The van der Waals surface area contributed by atoms with Gasteiger partial charge in [0, 0.05) is 34.4 Å². The van der Waals surface area contributed by atoms with Crippen molar-refractivity contribution in [2.24, 2.45) is 5.10 Å². The molecule has 0 aliphatic carbocycles. The van der Waals surface area contributed by atoms with Crippen molar-refractivity contribution >= 4 is 44.9 Å². The topological polar surface area (TPSA) is 137 Å². The number of rotatable bonds is 8. The van der Waals surface area contributed by atoms with Gasteiger partial charge in [-0.3, -0.25) is 25.0 Å². The summed E-state index contributed by atoms with van der Waals surface area (Å²) < 4.78 is 6.44.